The number of nitrogens with zero attached hydrogens (tertiary/aromatic N) is 1. The van der Waals surface area contributed by atoms with Crippen LogP contribution in [-0.4, -0.2) is 59.9 Å². The van der Waals surface area contributed by atoms with Crippen LogP contribution in [0, 0.1) is 6.92 Å². The van der Waals surface area contributed by atoms with Crippen LogP contribution in [-0.2, 0) is 29.6 Å². The van der Waals surface area contributed by atoms with E-state index in [0.717, 1.165) is 22.7 Å². The smallest absolute Gasteiger partial charge is 0.243 e. The normalized spacial score (nSPS) is 14.5. The first-order valence-corrected chi connectivity index (χ1v) is 13.0. The number of carbonyl (C=O) groups is 1. The SMILES string of the molecule is COCCN(CC(=O)Nc1ccccc1C)S(=O)(=O)c1ccc(S(=O)(=O)NC2CC2)cc1. The van der Waals surface area contributed by atoms with Gasteiger partial charge in [0.2, 0.25) is 26.0 Å². The van der Waals surface area contributed by atoms with Crippen LogP contribution in [0.2, 0.25) is 0 Å². The van der Waals surface area contributed by atoms with Crippen molar-refractivity contribution in [2.24, 2.45) is 0 Å². The fourth-order valence-corrected chi connectivity index (χ4v) is 5.65. The molecule has 11 heteroatoms. The van der Waals surface area contributed by atoms with Crippen LogP contribution in [0.1, 0.15) is 18.4 Å². The Bertz CT molecular complexity index is 1160. The third-order valence-electron chi connectivity index (χ3n) is 4.95. The minimum atomic E-state index is -4.07. The highest BCUT2D eigenvalue weighted by Gasteiger charge is 2.30. The molecule has 2 N–H and O–H groups in total. The summed E-state index contributed by atoms with van der Waals surface area (Å²) in [6.07, 6.45) is 1.59. The van der Waals surface area contributed by atoms with E-state index in [-0.39, 0.29) is 29.0 Å². The van der Waals surface area contributed by atoms with Crippen molar-refractivity contribution in [2.45, 2.75) is 35.6 Å². The van der Waals surface area contributed by atoms with Gasteiger partial charge in [0.05, 0.1) is 22.9 Å². The van der Waals surface area contributed by atoms with Crippen LogP contribution >= 0.6 is 0 Å². The number of carbonyl (C=O) groups excluding carboxylic acids is 1. The summed E-state index contributed by atoms with van der Waals surface area (Å²) in [6, 6.07) is 12.1. The molecule has 2 aromatic rings. The largest absolute Gasteiger partial charge is 0.383 e. The number of anilines is 1. The number of ether oxygens (including phenoxy) is 1. The summed E-state index contributed by atoms with van der Waals surface area (Å²) in [5, 5.41) is 2.72. The molecule has 1 saturated carbocycles. The lowest BCUT2D eigenvalue weighted by molar-refractivity contribution is -0.116. The van der Waals surface area contributed by atoms with E-state index in [0.29, 0.717) is 5.69 Å². The Hall–Kier alpha value is -2.31. The maximum Gasteiger partial charge on any atom is 0.243 e. The second-order valence-electron chi connectivity index (χ2n) is 7.56. The Balaban J connectivity index is 1.77. The molecule has 0 unspecified atom stereocenters. The number of benzene rings is 2. The van der Waals surface area contributed by atoms with Gasteiger partial charge in [0.15, 0.2) is 0 Å². The maximum atomic E-state index is 13.2. The van der Waals surface area contributed by atoms with E-state index >= 15 is 0 Å². The number of rotatable bonds is 11. The number of amides is 1. The zero-order chi connectivity index (χ0) is 23.4. The molecule has 1 aliphatic rings. The number of hydrogen-bond donors (Lipinski definition) is 2. The van der Waals surface area contributed by atoms with E-state index in [9.17, 15) is 21.6 Å². The monoisotopic (exact) mass is 481 g/mol. The Morgan fingerprint density at radius 2 is 1.66 bits per heavy atom. The topological polar surface area (TPSA) is 122 Å². The lowest BCUT2D eigenvalue weighted by Gasteiger charge is -2.22. The van der Waals surface area contributed by atoms with E-state index in [1.165, 1.54) is 31.4 Å². The zero-order valence-corrected chi connectivity index (χ0v) is 19.6. The van der Waals surface area contributed by atoms with Crippen LogP contribution in [0.15, 0.2) is 58.3 Å². The van der Waals surface area contributed by atoms with Crippen molar-refractivity contribution in [3.63, 3.8) is 0 Å². The average Bonchev–Trinajstić information content (AvgIpc) is 3.56. The number of para-hydroxylation sites is 1. The maximum absolute atomic E-state index is 13.2. The molecule has 0 aliphatic heterocycles. The summed E-state index contributed by atoms with van der Waals surface area (Å²) in [6.45, 7) is 1.48. The molecule has 1 fully saturated rings. The molecule has 0 bridgehead atoms. The lowest BCUT2D eigenvalue weighted by atomic mass is 10.2. The van der Waals surface area contributed by atoms with E-state index in [2.05, 4.69) is 10.0 Å². The predicted molar refractivity (Wildman–Crippen MR) is 120 cm³/mol. The Morgan fingerprint density at radius 3 is 2.25 bits per heavy atom. The zero-order valence-electron chi connectivity index (χ0n) is 17.9. The minimum absolute atomic E-state index is 0.0101. The third-order valence-corrected chi connectivity index (χ3v) is 8.35. The molecule has 3 rings (SSSR count). The molecular formula is C21H27N3O6S2. The van der Waals surface area contributed by atoms with E-state index in [4.69, 9.17) is 4.74 Å². The standard InChI is InChI=1S/C21H27N3O6S2/c1-16-5-3-4-6-20(16)22-21(25)15-24(13-14-30-2)32(28,29)19-11-9-18(10-12-19)31(26,27)23-17-7-8-17/h3-6,9-12,17,23H,7-8,13-15H2,1-2H3,(H,22,25). The fraction of sp³-hybridized carbons (Fsp3) is 0.381. The molecular weight excluding hydrogens is 454 g/mol. The molecule has 174 valence electrons. The predicted octanol–water partition coefficient (Wildman–Crippen LogP) is 1.71. The molecule has 32 heavy (non-hydrogen) atoms. The molecule has 0 spiro atoms. The Labute approximate surface area is 188 Å². The number of methoxy groups -OCH3 is 1. The van der Waals surface area contributed by atoms with Crippen molar-refractivity contribution in [1.29, 1.82) is 0 Å². The number of aryl methyl sites for hydroxylation is 1. The molecule has 0 atom stereocenters. The molecule has 0 radical (unpaired) electrons. The van der Waals surface area contributed by atoms with Gasteiger partial charge in [-0.1, -0.05) is 18.2 Å². The van der Waals surface area contributed by atoms with Crippen molar-refractivity contribution >= 4 is 31.6 Å². The van der Waals surface area contributed by atoms with Crippen LogP contribution < -0.4 is 10.0 Å². The van der Waals surface area contributed by atoms with Gasteiger partial charge in [0, 0.05) is 25.4 Å². The van der Waals surface area contributed by atoms with Gasteiger partial charge < -0.3 is 10.1 Å². The molecule has 1 amide bonds. The van der Waals surface area contributed by atoms with Crippen LogP contribution in [0.3, 0.4) is 0 Å². The second-order valence-corrected chi connectivity index (χ2v) is 11.2. The molecule has 0 heterocycles. The second kappa shape index (κ2) is 10.1. The Kier molecular flexibility index (Phi) is 7.67. The highest BCUT2D eigenvalue weighted by atomic mass is 32.2. The highest BCUT2D eigenvalue weighted by molar-refractivity contribution is 7.89. The average molecular weight is 482 g/mol. The first-order valence-electron chi connectivity index (χ1n) is 10.1. The number of sulfonamides is 2. The van der Waals surface area contributed by atoms with E-state index in [1.54, 1.807) is 12.1 Å². The summed E-state index contributed by atoms with van der Waals surface area (Å²) >= 11 is 0. The Morgan fingerprint density at radius 1 is 1.03 bits per heavy atom. The quantitative estimate of drug-likeness (QED) is 0.504. The van der Waals surface area contributed by atoms with E-state index in [1.807, 2.05) is 19.1 Å². The molecule has 1 aliphatic carbocycles. The first-order chi connectivity index (χ1) is 15.1. The van der Waals surface area contributed by atoms with E-state index < -0.39 is 32.5 Å². The van der Waals surface area contributed by atoms with Gasteiger partial charge in [-0.05, 0) is 55.7 Å². The lowest BCUT2D eigenvalue weighted by Crippen LogP contribution is -2.40. The molecule has 9 nitrogen and oxygen atoms in total. The summed E-state index contributed by atoms with van der Waals surface area (Å²) in [5.74, 6) is -0.494. The third kappa shape index (κ3) is 6.14. The van der Waals surface area contributed by atoms with Crippen molar-refractivity contribution in [3.05, 3.63) is 54.1 Å². The summed E-state index contributed by atoms with van der Waals surface area (Å²) in [5.41, 5.74) is 1.45. The van der Waals surface area contributed by atoms with Gasteiger partial charge in [0.1, 0.15) is 0 Å². The molecule has 0 aromatic heterocycles. The van der Waals surface area contributed by atoms with Gasteiger partial charge in [-0.2, -0.15) is 4.31 Å². The summed E-state index contributed by atoms with van der Waals surface area (Å²) < 4.78 is 59.5. The van der Waals surface area contributed by atoms with Gasteiger partial charge in [0.25, 0.3) is 0 Å². The molecule has 2 aromatic carbocycles. The van der Waals surface area contributed by atoms with Crippen molar-refractivity contribution < 1.29 is 26.4 Å². The van der Waals surface area contributed by atoms with Gasteiger partial charge in [-0.25, -0.2) is 21.6 Å². The van der Waals surface area contributed by atoms with Crippen LogP contribution in [0.25, 0.3) is 0 Å². The summed E-state index contributed by atoms with van der Waals surface area (Å²) in [7, 11) is -6.33. The fourth-order valence-electron chi connectivity index (χ4n) is 2.97. The highest BCUT2D eigenvalue weighted by Crippen LogP contribution is 2.23. The van der Waals surface area contributed by atoms with Crippen molar-refractivity contribution in [3.8, 4) is 0 Å². The number of hydrogen-bond acceptors (Lipinski definition) is 6. The molecule has 0 saturated heterocycles. The summed E-state index contributed by atoms with van der Waals surface area (Å²) in [4.78, 5) is 12.4. The minimum Gasteiger partial charge on any atom is -0.383 e. The van der Waals surface area contributed by atoms with Crippen molar-refractivity contribution in [1.82, 2.24) is 9.03 Å². The first kappa shape index (κ1) is 24.3. The van der Waals surface area contributed by atoms with Crippen LogP contribution in [0.4, 0.5) is 5.69 Å². The van der Waals surface area contributed by atoms with Gasteiger partial charge in [-0.15, -0.1) is 0 Å². The van der Waals surface area contributed by atoms with Crippen LogP contribution in [0.5, 0.6) is 0 Å². The van der Waals surface area contributed by atoms with Gasteiger partial charge >= 0.3 is 0 Å². The van der Waals surface area contributed by atoms with Crippen molar-refractivity contribution in [2.75, 3.05) is 32.1 Å². The number of nitrogens with one attached hydrogen (secondary N) is 2. The van der Waals surface area contributed by atoms with Gasteiger partial charge in [-0.3, -0.25) is 4.79 Å².